The zero-order valence-corrected chi connectivity index (χ0v) is 12.3. The Hall–Kier alpha value is -1.69. The molecule has 1 aromatic carbocycles. The van der Waals surface area contributed by atoms with E-state index in [1.54, 1.807) is 7.11 Å². The van der Waals surface area contributed by atoms with Crippen LogP contribution in [0.3, 0.4) is 0 Å². The first-order chi connectivity index (χ1) is 10.4. The van der Waals surface area contributed by atoms with Gasteiger partial charge >= 0.3 is 0 Å². The van der Waals surface area contributed by atoms with Crippen LogP contribution >= 0.6 is 0 Å². The van der Waals surface area contributed by atoms with Gasteiger partial charge in [-0.25, -0.2) is 4.98 Å². The summed E-state index contributed by atoms with van der Waals surface area (Å²) >= 11 is 0. The summed E-state index contributed by atoms with van der Waals surface area (Å²) in [5, 5.41) is 3.40. The van der Waals surface area contributed by atoms with Crippen LogP contribution in [0.5, 0.6) is 0 Å². The molecule has 1 fully saturated rings. The summed E-state index contributed by atoms with van der Waals surface area (Å²) in [5.74, 6) is 0.938. The third kappa shape index (κ3) is 3.50. The number of nitrogens with one attached hydrogen (secondary N) is 2. The molecule has 1 atom stereocenters. The molecule has 2 N–H and O–H groups in total. The minimum atomic E-state index is 0.161. The molecule has 0 spiro atoms. The standard InChI is InChI=1S/C16H21N3O2/c1-20-8-6-12-2-4-13(5-3-12)14-10-18-16(19-14)15-11-21-9-7-17-15/h2-5,10,15,17H,6-9,11H2,1H3,(H,18,19). The number of hydrogen-bond donors (Lipinski definition) is 2. The van der Waals surface area contributed by atoms with Crippen molar-refractivity contribution in [3.05, 3.63) is 41.9 Å². The molecule has 2 heterocycles. The summed E-state index contributed by atoms with van der Waals surface area (Å²) in [4.78, 5) is 7.85. The molecule has 5 nitrogen and oxygen atoms in total. The Bertz CT molecular complexity index is 559. The lowest BCUT2D eigenvalue weighted by atomic mass is 10.1. The van der Waals surface area contributed by atoms with Crippen LogP contribution in [0, 0.1) is 0 Å². The lowest BCUT2D eigenvalue weighted by molar-refractivity contribution is 0.0745. The third-order valence-corrected chi connectivity index (χ3v) is 3.71. The Labute approximate surface area is 124 Å². The van der Waals surface area contributed by atoms with Crippen molar-refractivity contribution in [2.75, 3.05) is 33.5 Å². The Kier molecular flexibility index (Phi) is 4.65. The highest BCUT2D eigenvalue weighted by Crippen LogP contribution is 2.21. The third-order valence-electron chi connectivity index (χ3n) is 3.71. The number of benzene rings is 1. The Balaban J connectivity index is 1.70. The van der Waals surface area contributed by atoms with Gasteiger partial charge in [0.1, 0.15) is 5.82 Å². The van der Waals surface area contributed by atoms with Gasteiger partial charge < -0.3 is 19.8 Å². The van der Waals surface area contributed by atoms with Gasteiger partial charge in [0.25, 0.3) is 0 Å². The van der Waals surface area contributed by atoms with Crippen LogP contribution in [0.2, 0.25) is 0 Å². The van der Waals surface area contributed by atoms with Crippen LogP contribution in [0.15, 0.2) is 30.5 Å². The molecule has 0 radical (unpaired) electrons. The SMILES string of the molecule is COCCc1ccc(-c2cnc(C3COCCN3)[nH]2)cc1. The molecule has 2 aromatic rings. The molecule has 1 unspecified atom stereocenters. The van der Waals surface area contributed by atoms with Crippen LogP contribution in [0.25, 0.3) is 11.3 Å². The number of morpholine rings is 1. The quantitative estimate of drug-likeness (QED) is 0.882. The molecule has 0 amide bonds. The molecule has 112 valence electrons. The molecule has 21 heavy (non-hydrogen) atoms. The Morgan fingerprint density at radius 2 is 2.19 bits per heavy atom. The second kappa shape index (κ2) is 6.85. The minimum Gasteiger partial charge on any atom is -0.384 e. The number of hydrogen-bond acceptors (Lipinski definition) is 4. The van der Waals surface area contributed by atoms with Crippen molar-refractivity contribution in [1.82, 2.24) is 15.3 Å². The van der Waals surface area contributed by atoms with Crippen molar-refractivity contribution in [1.29, 1.82) is 0 Å². The van der Waals surface area contributed by atoms with Gasteiger partial charge in [-0.05, 0) is 17.5 Å². The number of imidazole rings is 1. The average molecular weight is 287 g/mol. The molecular weight excluding hydrogens is 266 g/mol. The second-order valence-electron chi connectivity index (χ2n) is 5.20. The first-order valence-corrected chi connectivity index (χ1v) is 7.31. The maximum absolute atomic E-state index is 5.47. The molecular formula is C16H21N3O2. The highest BCUT2D eigenvalue weighted by molar-refractivity contribution is 5.58. The van der Waals surface area contributed by atoms with E-state index >= 15 is 0 Å². The van der Waals surface area contributed by atoms with Crippen molar-refractivity contribution >= 4 is 0 Å². The Morgan fingerprint density at radius 3 is 2.90 bits per heavy atom. The Morgan fingerprint density at radius 1 is 1.33 bits per heavy atom. The lowest BCUT2D eigenvalue weighted by Crippen LogP contribution is -2.35. The van der Waals surface area contributed by atoms with Gasteiger partial charge in [0.05, 0.1) is 37.8 Å². The molecule has 0 saturated carbocycles. The zero-order chi connectivity index (χ0) is 14.5. The summed E-state index contributed by atoms with van der Waals surface area (Å²) in [7, 11) is 1.73. The number of ether oxygens (including phenoxy) is 2. The number of H-pyrrole nitrogens is 1. The highest BCUT2D eigenvalue weighted by Gasteiger charge is 2.18. The summed E-state index contributed by atoms with van der Waals surface area (Å²) < 4.78 is 10.6. The minimum absolute atomic E-state index is 0.161. The molecule has 5 heteroatoms. The summed E-state index contributed by atoms with van der Waals surface area (Å²) in [5.41, 5.74) is 3.46. The fourth-order valence-corrected chi connectivity index (χ4v) is 2.47. The van der Waals surface area contributed by atoms with Gasteiger partial charge in [-0.3, -0.25) is 0 Å². The van der Waals surface area contributed by atoms with E-state index in [2.05, 4.69) is 39.6 Å². The maximum atomic E-state index is 5.47. The van der Waals surface area contributed by atoms with Crippen LogP contribution in [-0.4, -0.2) is 43.4 Å². The van der Waals surface area contributed by atoms with Crippen LogP contribution in [-0.2, 0) is 15.9 Å². The van der Waals surface area contributed by atoms with E-state index < -0.39 is 0 Å². The van der Waals surface area contributed by atoms with E-state index in [4.69, 9.17) is 9.47 Å². The maximum Gasteiger partial charge on any atom is 0.126 e. The van der Waals surface area contributed by atoms with E-state index in [-0.39, 0.29) is 6.04 Å². The number of rotatable bonds is 5. The smallest absolute Gasteiger partial charge is 0.126 e. The first kappa shape index (κ1) is 14.3. The lowest BCUT2D eigenvalue weighted by Gasteiger charge is -2.21. The van der Waals surface area contributed by atoms with Crippen LogP contribution in [0.1, 0.15) is 17.4 Å². The number of aromatic nitrogens is 2. The zero-order valence-electron chi connectivity index (χ0n) is 12.3. The van der Waals surface area contributed by atoms with Gasteiger partial charge in [-0.2, -0.15) is 0 Å². The predicted octanol–water partition coefficient (Wildman–Crippen LogP) is 1.93. The monoisotopic (exact) mass is 287 g/mol. The van der Waals surface area contributed by atoms with E-state index in [1.807, 2.05) is 6.20 Å². The summed E-state index contributed by atoms with van der Waals surface area (Å²) in [6.07, 6.45) is 2.82. The summed E-state index contributed by atoms with van der Waals surface area (Å²) in [6.45, 7) is 3.06. The number of aromatic amines is 1. The van der Waals surface area contributed by atoms with E-state index in [9.17, 15) is 0 Å². The highest BCUT2D eigenvalue weighted by atomic mass is 16.5. The normalized spacial score (nSPS) is 18.8. The van der Waals surface area contributed by atoms with Gasteiger partial charge in [0.2, 0.25) is 0 Å². The van der Waals surface area contributed by atoms with Gasteiger partial charge in [0.15, 0.2) is 0 Å². The topological polar surface area (TPSA) is 59.2 Å². The van der Waals surface area contributed by atoms with Gasteiger partial charge in [0, 0.05) is 13.7 Å². The molecule has 3 rings (SSSR count). The van der Waals surface area contributed by atoms with Crippen molar-refractivity contribution in [3.63, 3.8) is 0 Å². The number of nitrogens with zero attached hydrogens (tertiary/aromatic N) is 1. The second-order valence-corrected chi connectivity index (χ2v) is 5.20. The predicted molar refractivity (Wildman–Crippen MR) is 81.2 cm³/mol. The molecule has 0 bridgehead atoms. The van der Waals surface area contributed by atoms with Gasteiger partial charge in [-0.1, -0.05) is 24.3 Å². The molecule has 0 aliphatic carbocycles. The fraction of sp³-hybridized carbons (Fsp3) is 0.438. The van der Waals surface area contributed by atoms with Crippen molar-refractivity contribution in [2.45, 2.75) is 12.5 Å². The summed E-state index contributed by atoms with van der Waals surface area (Å²) in [6, 6.07) is 8.67. The fourth-order valence-electron chi connectivity index (χ4n) is 2.47. The largest absolute Gasteiger partial charge is 0.384 e. The van der Waals surface area contributed by atoms with E-state index in [0.717, 1.165) is 43.3 Å². The first-order valence-electron chi connectivity index (χ1n) is 7.31. The van der Waals surface area contributed by atoms with E-state index in [1.165, 1.54) is 5.56 Å². The van der Waals surface area contributed by atoms with Crippen molar-refractivity contribution in [3.8, 4) is 11.3 Å². The van der Waals surface area contributed by atoms with Crippen LogP contribution in [0.4, 0.5) is 0 Å². The number of methoxy groups -OCH3 is 1. The molecule has 1 aromatic heterocycles. The molecule has 1 aliphatic heterocycles. The van der Waals surface area contributed by atoms with E-state index in [0.29, 0.717) is 6.61 Å². The van der Waals surface area contributed by atoms with Crippen LogP contribution < -0.4 is 5.32 Å². The van der Waals surface area contributed by atoms with Crippen molar-refractivity contribution < 1.29 is 9.47 Å². The molecule has 1 aliphatic rings. The molecule has 1 saturated heterocycles. The van der Waals surface area contributed by atoms with Gasteiger partial charge in [-0.15, -0.1) is 0 Å². The average Bonchev–Trinajstić information content (AvgIpc) is 3.04. The van der Waals surface area contributed by atoms with Crippen molar-refractivity contribution in [2.24, 2.45) is 0 Å².